The molecule has 0 saturated heterocycles. The van der Waals surface area contributed by atoms with Crippen molar-refractivity contribution in [1.29, 1.82) is 0 Å². The molecule has 22 heavy (non-hydrogen) atoms. The molecule has 1 aliphatic heterocycles. The van der Waals surface area contributed by atoms with Crippen LogP contribution in [0.25, 0.3) is 0 Å². The van der Waals surface area contributed by atoms with E-state index in [1.54, 1.807) is 10.9 Å². The van der Waals surface area contributed by atoms with Gasteiger partial charge in [-0.25, -0.2) is 0 Å². The van der Waals surface area contributed by atoms with Gasteiger partial charge in [0.1, 0.15) is 6.61 Å². The summed E-state index contributed by atoms with van der Waals surface area (Å²) in [5.74, 6) is 0. The van der Waals surface area contributed by atoms with Crippen molar-refractivity contribution < 1.29 is 4.84 Å². The number of hydrogen-bond donors (Lipinski definition) is 0. The molecule has 2 heterocycles. The lowest BCUT2D eigenvalue weighted by atomic mass is 10.0. The summed E-state index contributed by atoms with van der Waals surface area (Å²) in [7, 11) is 1.89. The summed E-state index contributed by atoms with van der Waals surface area (Å²) < 4.78 is 1.76. The molecule has 0 aliphatic carbocycles. The summed E-state index contributed by atoms with van der Waals surface area (Å²) in [6, 6.07) is 8.62. The zero-order valence-corrected chi connectivity index (χ0v) is 13.2. The van der Waals surface area contributed by atoms with Gasteiger partial charge in [0.15, 0.2) is 0 Å². The van der Waals surface area contributed by atoms with Crippen molar-refractivity contribution in [1.82, 2.24) is 9.78 Å². The van der Waals surface area contributed by atoms with Crippen LogP contribution in [-0.2, 0) is 18.3 Å². The summed E-state index contributed by atoms with van der Waals surface area (Å²) >= 11 is 0. The Kier molecular flexibility index (Phi) is 4.42. The first kappa shape index (κ1) is 14.6. The highest BCUT2D eigenvalue weighted by atomic mass is 16.6. The maximum absolute atomic E-state index is 5.49. The molecule has 0 atom stereocenters. The Morgan fingerprint density at radius 2 is 2.23 bits per heavy atom. The predicted molar refractivity (Wildman–Crippen MR) is 88.3 cm³/mol. The van der Waals surface area contributed by atoms with Crippen LogP contribution in [0.1, 0.15) is 24.5 Å². The van der Waals surface area contributed by atoms with Gasteiger partial charge >= 0.3 is 0 Å². The molecular weight excluding hydrogens is 276 g/mol. The molecule has 3 rings (SSSR count). The van der Waals surface area contributed by atoms with Gasteiger partial charge in [0.05, 0.1) is 18.5 Å². The lowest BCUT2D eigenvalue weighted by Gasteiger charge is -2.30. The van der Waals surface area contributed by atoms with E-state index in [9.17, 15) is 0 Å². The molecule has 0 saturated carbocycles. The quantitative estimate of drug-likeness (QED) is 0.484. The number of aromatic nitrogens is 2. The fourth-order valence-corrected chi connectivity index (χ4v) is 2.80. The van der Waals surface area contributed by atoms with Crippen LogP contribution in [0.2, 0.25) is 0 Å². The van der Waals surface area contributed by atoms with Crippen molar-refractivity contribution in [2.24, 2.45) is 12.2 Å². The van der Waals surface area contributed by atoms with E-state index >= 15 is 0 Å². The number of benzene rings is 1. The molecule has 0 amide bonds. The van der Waals surface area contributed by atoms with Gasteiger partial charge in [-0.2, -0.15) is 5.10 Å². The first-order valence-electron chi connectivity index (χ1n) is 7.72. The zero-order valence-electron chi connectivity index (χ0n) is 13.2. The highest BCUT2D eigenvalue weighted by molar-refractivity contribution is 5.97. The molecule has 1 aromatic carbocycles. The van der Waals surface area contributed by atoms with Crippen LogP contribution in [0.4, 0.5) is 5.69 Å². The number of nitrogens with zero attached hydrogens (tertiary/aromatic N) is 4. The number of rotatable bonds is 5. The van der Waals surface area contributed by atoms with Gasteiger partial charge in [0, 0.05) is 31.0 Å². The molecule has 5 heteroatoms. The van der Waals surface area contributed by atoms with Crippen molar-refractivity contribution in [3.63, 3.8) is 0 Å². The van der Waals surface area contributed by atoms with E-state index in [2.05, 4.69) is 39.4 Å². The standard InChI is InChI=1S/C17H22N4O/c1-14(16-12-18-20(2)13-16)19-22-11-10-21-9-5-7-15-6-3-4-8-17(15)21/h3-4,6,8,12-13H,5,7,9-11H2,1-2H3/b19-14+. The zero-order chi connectivity index (χ0) is 15.4. The van der Waals surface area contributed by atoms with Gasteiger partial charge < -0.3 is 9.74 Å². The Balaban J connectivity index is 1.54. The molecule has 0 bridgehead atoms. The fourth-order valence-electron chi connectivity index (χ4n) is 2.80. The first-order chi connectivity index (χ1) is 10.7. The van der Waals surface area contributed by atoms with E-state index in [1.807, 2.05) is 20.2 Å². The Labute approximate surface area is 131 Å². The molecule has 1 aromatic heterocycles. The third kappa shape index (κ3) is 3.30. The molecule has 2 aromatic rings. The van der Waals surface area contributed by atoms with Crippen molar-refractivity contribution >= 4 is 11.4 Å². The second kappa shape index (κ2) is 6.64. The minimum absolute atomic E-state index is 0.589. The van der Waals surface area contributed by atoms with Crippen LogP contribution in [0.3, 0.4) is 0 Å². The summed E-state index contributed by atoms with van der Waals surface area (Å²) in [5.41, 5.74) is 4.62. The van der Waals surface area contributed by atoms with E-state index in [-0.39, 0.29) is 0 Å². The van der Waals surface area contributed by atoms with E-state index < -0.39 is 0 Å². The highest BCUT2D eigenvalue weighted by Crippen LogP contribution is 2.26. The molecule has 116 valence electrons. The normalized spacial score (nSPS) is 14.8. The smallest absolute Gasteiger partial charge is 0.134 e. The lowest BCUT2D eigenvalue weighted by molar-refractivity contribution is 0.150. The molecule has 1 aliphatic rings. The molecule has 0 fully saturated rings. The predicted octanol–water partition coefficient (Wildman–Crippen LogP) is 2.61. The fraction of sp³-hybridized carbons (Fsp3) is 0.412. The average molecular weight is 298 g/mol. The van der Waals surface area contributed by atoms with Gasteiger partial charge in [0.25, 0.3) is 0 Å². The third-order valence-corrected chi connectivity index (χ3v) is 3.98. The summed E-state index contributed by atoms with van der Waals surface area (Å²) in [6.45, 7) is 4.48. The number of para-hydroxylation sites is 1. The molecule has 0 N–H and O–H groups in total. The number of aryl methyl sites for hydroxylation is 2. The van der Waals surface area contributed by atoms with Crippen LogP contribution >= 0.6 is 0 Å². The van der Waals surface area contributed by atoms with Crippen LogP contribution in [-0.4, -0.2) is 35.2 Å². The molecule has 0 spiro atoms. The summed E-state index contributed by atoms with van der Waals surface area (Å²) in [5, 5.41) is 8.32. The van der Waals surface area contributed by atoms with Gasteiger partial charge in [0.2, 0.25) is 0 Å². The van der Waals surface area contributed by atoms with Crippen LogP contribution in [0.5, 0.6) is 0 Å². The number of oxime groups is 1. The minimum atomic E-state index is 0.589. The maximum atomic E-state index is 5.49. The van der Waals surface area contributed by atoms with Crippen LogP contribution in [0.15, 0.2) is 41.8 Å². The monoisotopic (exact) mass is 298 g/mol. The SMILES string of the molecule is C/C(=N\OCCN1CCCc2ccccc21)c1cnn(C)c1. The van der Waals surface area contributed by atoms with Crippen molar-refractivity contribution in [2.45, 2.75) is 19.8 Å². The lowest BCUT2D eigenvalue weighted by Crippen LogP contribution is -2.32. The van der Waals surface area contributed by atoms with Gasteiger partial charge in [-0.3, -0.25) is 4.68 Å². The highest BCUT2D eigenvalue weighted by Gasteiger charge is 2.15. The van der Waals surface area contributed by atoms with E-state index in [4.69, 9.17) is 4.84 Å². The van der Waals surface area contributed by atoms with Crippen molar-refractivity contribution in [2.75, 3.05) is 24.6 Å². The van der Waals surface area contributed by atoms with Crippen molar-refractivity contribution in [3.8, 4) is 0 Å². The molecule has 0 radical (unpaired) electrons. The molecule has 5 nitrogen and oxygen atoms in total. The molecule has 0 unspecified atom stereocenters. The molecular formula is C17H22N4O. The number of fused-ring (bicyclic) bond motifs is 1. The number of anilines is 1. The first-order valence-corrected chi connectivity index (χ1v) is 7.72. The average Bonchev–Trinajstić information content (AvgIpc) is 2.98. The maximum Gasteiger partial charge on any atom is 0.134 e. The van der Waals surface area contributed by atoms with E-state index in [1.165, 1.54) is 24.1 Å². The van der Waals surface area contributed by atoms with Gasteiger partial charge in [-0.1, -0.05) is 23.4 Å². The number of hydrogen-bond acceptors (Lipinski definition) is 4. The topological polar surface area (TPSA) is 42.6 Å². The van der Waals surface area contributed by atoms with Crippen LogP contribution < -0.4 is 4.90 Å². The Morgan fingerprint density at radius 1 is 1.36 bits per heavy atom. The Bertz CT molecular complexity index is 662. The third-order valence-electron chi connectivity index (χ3n) is 3.98. The van der Waals surface area contributed by atoms with E-state index in [0.29, 0.717) is 6.61 Å². The largest absolute Gasteiger partial charge is 0.394 e. The Morgan fingerprint density at radius 3 is 3.05 bits per heavy atom. The van der Waals surface area contributed by atoms with Gasteiger partial charge in [-0.05, 0) is 31.4 Å². The second-order valence-corrected chi connectivity index (χ2v) is 5.63. The van der Waals surface area contributed by atoms with Gasteiger partial charge in [-0.15, -0.1) is 0 Å². The minimum Gasteiger partial charge on any atom is -0.394 e. The van der Waals surface area contributed by atoms with E-state index in [0.717, 1.165) is 24.4 Å². The second-order valence-electron chi connectivity index (χ2n) is 5.63. The van der Waals surface area contributed by atoms with Crippen LogP contribution in [0, 0.1) is 0 Å². The summed E-state index contributed by atoms with van der Waals surface area (Å²) in [6.07, 6.45) is 6.10. The Hall–Kier alpha value is -2.30. The summed E-state index contributed by atoms with van der Waals surface area (Å²) in [4.78, 5) is 7.87. The van der Waals surface area contributed by atoms with Crippen molar-refractivity contribution in [3.05, 3.63) is 47.8 Å².